The highest BCUT2D eigenvalue weighted by atomic mass is 32.2. The lowest BCUT2D eigenvalue weighted by molar-refractivity contribution is 0.00758. The van der Waals surface area contributed by atoms with Crippen molar-refractivity contribution in [1.82, 2.24) is 10.1 Å². The van der Waals surface area contributed by atoms with E-state index in [-0.39, 0.29) is 12.1 Å². The Bertz CT molecular complexity index is 1390. The minimum absolute atomic E-state index is 0.128. The highest BCUT2D eigenvalue weighted by Gasteiger charge is 2.36. The van der Waals surface area contributed by atoms with Gasteiger partial charge in [-0.05, 0) is 69.7 Å². The Hall–Kier alpha value is -2.59. The van der Waals surface area contributed by atoms with E-state index in [0.717, 1.165) is 70.0 Å². The molecular formula is C29H35N3O4S2. The Balaban J connectivity index is 1.32. The molecule has 4 atom stereocenters. The second-order valence-electron chi connectivity index (χ2n) is 10.2. The number of fused-ring (bicyclic) bond motifs is 1. The van der Waals surface area contributed by atoms with Gasteiger partial charge < -0.3 is 18.7 Å². The van der Waals surface area contributed by atoms with Gasteiger partial charge in [0, 0.05) is 23.6 Å². The van der Waals surface area contributed by atoms with E-state index in [1.165, 1.54) is 0 Å². The molecule has 1 saturated carbocycles. The molecule has 1 N–H and O–H groups in total. The van der Waals surface area contributed by atoms with Crippen LogP contribution in [0.2, 0.25) is 0 Å². The van der Waals surface area contributed by atoms with E-state index >= 15 is 0 Å². The number of ether oxygens (including phenoxy) is 1. The van der Waals surface area contributed by atoms with Gasteiger partial charge in [0.2, 0.25) is 0 Å². The lowest BCUT2D eigenvalue weighted by atomic mass is 9.92. The Morgan fingerprint density at radius 1 is 1.34 bits per heavy atom. The normalized spacial score (nSPS) is 23.4. The fourth-order valence-corrected chi connectivity index (χ4v) is 6.98. The average molecular weight is 554 g/mol. The summed E-state index contributed by atoms with van der Waals surface area (Å²) in [6, 6.07) is 5.82. The van der Waals surface area contributed by atoms with Gasteiger partial charge in [0.25, 0.3) is 0 Å². The number of nitrogens with zero attached hydrogens (tertiary/aromatic N) is 3. The van der Waals surface area contributed by atoms with E-state index in [1.54, 1.807) is 29.5 Å². The second kappa shape index (κ2) is 11.7. The van der Waals surface area contributed by atoms with Crippen LogP contribution in [0.15, 0.2) is 58.5 Å². The van der Waals surface area contributed by atoms with Crippen LogP contribution < -0.4 is 4.90 Å². The fourth-order valence-electron chi connectivity index (χ4n) is 5.32. The molecule has 1 aliphatic carbocycles. The van der Waals surface area contributed by atoms with Crippen molar-refractivity contribution in [2.75, 3.05) is 4.90 Å². The van der Waals surface area contributed by atoms with Crippen LogP contribution in [-0.2, 0) is 22.4 Å². The third kappa shape index (κ3) is 5.71. The molecular weight excluding hydrogens is 518 g/mol. The van der Waals surface area contributed by atoms with Crippen molar-refractivity contribution >= 4 is 43.3 Å². The maximum Gasteiger partial charge on any atom is 0.186 e. The maximum absolute atomic E-state index is 11.5. The lowest BCUT2D eigenvalue weighted by Crippen LogP contribution is -2.50. The largest absolute Gasteiger partial charge is 0.373 e. The third-order valence-corrected chi connectivity index (χ3v) is 9.14. The van der Waals surface area contributed by atoms with E-state index in [1.807, 2.05) is 24.3 Å². The first-order valence-electron chi connectivity index (χ1n) is 13.3. The first-order valence-corrected chi connectivity index (χ1v) is 15.2. The quantitative estimate of drug-likeness (QED) is 0.209. The van der Waals surface area contributed by atoms with Crippen molar-refractivity contribution in [3.05, 3.63) is 66.1 Å². The summed E-state index contributed by atoms with van der Waals surface area (Å²) < 4.78 is 34.3. The molecule has 0 radical (unpaired) electrons. The van der Waals surface area contributed by atoms with Crippen molar-refractivity contribution in [1.29, 1.82) is 0 Å². The van der Waals surface area contributed by atoms with E-state index in [2.05, 4.69) is 37.4 Å². The number of benzene rings is 1. The number of thiazole rings is 1. The van der Waals surface area contributed by atoms with Gasteiger partial charge in [0.05, 0.1) is 27.8 Å². The first kappa shape index (κ1) is 27.0. The van der Waals surface area contributed by atoms with Crippen molar-refractivity contribution < 1.29 is 18.0 Å². The monoisotopic (exact) mass is 553 g/mol. The molecule has 2 unspecified atom stereocenters. The van der Waals surface area contributed by atoms with Gasteiger partial charge >= 0.3 is 0 Å². The lowest BCUT2D eigenvalue weighted by Gasteiger charge is -2.43. The summed E-state index contributed by atoms with van der Waals surface area (Å²) in [5.41, 5.74) is 3.88. The number of allylic oxidation sites excluding steroid dienone is 5. The molecule has 3 heterocycles. The zero-order chi connectivity index (χ0) is 26.8. The molecule has 2 aliphatic rings. The van der Waals surface area contributed by atoms with Crippen LogP contribution in [0.25, 0.3) is 15.8 Å². The van der Waals surface area contributed by atoms with Gasteiger partial charge in [-0.3, -0.25) is 0 Å². The summed E-state index contributed by atoms with van der Waals surface area (Å²) in [5.74, 6) is 1.44. The molecule has 1 aliphatic heterocycles. The summed E-state index contributed by atoms with van der Waals surface area (Å²) >= 11 is -0.411. The minimum Gasteiger partial charge on any atom is -0.373 e. The molecule has 0 bridgehead atoms. The van der Waals surface area contributed by atoms with Crippen molar-refractivity contribution in [2.24, 2.45) is 0 Å². The van der Waals surface area contributed by atoms with E-state index < -0.39 is 11.1 Å². The number of hydrogen-bond donors (Lipinski definition) is 1. The van der Waals surface area contributed by atoms with Crippen LogP contribution in [0.5, 0.6) is 0 Å². The van der Waals surface area contributed by atoms with Crippen LogP contribution in [0.4, 0.5) is 5.13 Å². The Morgan fingerprint density at radius 2 is 2.16 bits per heavy atom. The Kier molecular flexibility index (Phi) is 8.28. The second-order valence-corrected chi connectivity index (χ2v) is 12.2. The van der Waals surface area contributed by atoms with E-state index in [4.69, 9.17) is 14.2 Å². The van der Waals surface area contributed by atoms with Gasteiger partial charge in [-0.25, -0.2) is 9.19 Å². The molecule has 1 saturated heterocycles. The molecule has 3 aromatic rings. The summed E-state index contributed by atoms with van der Waals surface area (Å²) in [5, 5.41) is 5.38. The predicted molar refractivity (Wildman–Crippen MR) is 154 cm³/mol. The molecule has 1 aromatic carbocycles. The van der Waals surface area contributed by atoms with E-state index in [9.17, 15) is 8.76 Å². The Labute approximate surface area is 230 Å². The van der Waals surface area contributed by atoms with Gasteiger partial charge in [-0.2, -0.15) is 0 Å². The summed E-state index contributed by atoms with van der Waals surface area (Å²) in [6.07, 6.45) is 12.9. The molecule has 9 heteroatoms. The minimum atomic E-state index is -2.00. The molecule has 2 aromatic heterocycles. The van der Waals surface area contributed by atoms with E-state index in [0.29, 0.717) is 23.5 Å². The van der Waals surface area contributed by atoms with Gasteiger partial charge in [-0.1, -0.05) is 54.3 Å². The average Bonchev–Trinajstić information content (AvgIpc) is 3.51. The number of hydrogen-bond acceptors (Lipinski definition) is 7. The zero-order valence-electron chi connectivity index (χ0n) is 22.1. The highest BCUT2D eigenvalue weighted by molar-refractivity contribution is 7.79. The van der Waals surface area contributed by atoms with Gasteiger partial charge in [0.15, 0.2) is 16.2 Å². The van der Waals surface area contributed by atoms with Crippen molar-refractivity contribution in [3.8, 4) is 0 Å². The maximum atomic E-state index is 11.5. The number of aromatic nitrogens is 2. The highest BCUT2D eigenvalue weighted by Crippen LogP contribution is 2.44. The summed E-state index contributed by atoms with van der Waals surface area (Å²) in [7, 11) is 0. The molecule has 0 spiro atoms. The van der Waals surface area contributed by atoms with Crippen LogP contribution in [0.1, 0.15) is 75.8 Å². The van der Waals surface area contributed by atoms with Crippen LogP contribution >= 0.6 is 11.3 Å². The first-order chi connectivity index (χ1) is 18.4. The van der Waals surface area contributed by atoms with Gasteiger partial charge in [0.1, 0.15) is 11.5 Å². The van der Waals surface area contributed by atoms with Crippen LogP contribution in [0, 0.1) is 0 Å². The topological polar surface area (TPSA) is 88.7 Å². The third-order valence-electron chi connectivity index (χ3n) is 7.45. The molecule has 202 valence electrons. The fraction of sp³-hybridized carbons (Fsp3) is 0.448. The van der Waals surface area contributed by atoms with Gasteiger partial charge in [-0.15, -0.1) is 0 Å². The number of anilines is 1. The van der Waals surface area contributed by atoms with Crippen LogP contribution in [0.3, 0.4) is 0 Å². The van der Waals surface area contributed by atoms with Crippen molar-refractivity contribution in [2.45, 2.75) is 88.5 Å². The molecule has 2 fully saturated rings. The molecule has 38 heavy (non-hydrogen) atoms. The zero-order valence-corrected chi connectivity index (χ0v) is 23.8. The molecule has 5 rings (SSSR count). The summed E-state index contributed by atoms with van der Waals surface area (Å²) in [6.45, 7) is 10.7. The van der Waals surface area contributed by atoms with Crippen molar-refractivity contribution in [3.63, 3.8) is 0 Å². The standard InChI is InChI=1S/C29H35N3O4S2/c1-5-7-8-9-18(3)27-24(28(36-31-27)20-10-11-20)17-35-22-14-19(4)32(21(6-2)15-22)29-30-25-13-12-23(38(33)34)16-26(25)37-29/h5,7-9,12-13,16,19-22H,1,6,10-11,14-15,17H2,2-4H3,(H,33,34)/b8-7-,18-9+/t19-,21+,22?/m1/s1. The predicted octanol–water partition coefficient (Wildman–Crippen LogP) is 7.24. The molecule has 7 nitrogen and oxygen atoms in total. The summed E-state index contributed by atoms with van der Waals surface area (Å²) in [4.78, 5) is 7.70. The Morgan fingerprint density at radius 3 is 2.87 bits per heavy atom. The smallest absolute Gasteiger partial charge is 0.186 e. The van der Waals surface area contributed by atoms with Crippen LogP contribution in [-0.4, -0.2) is 37.1 Å². The number of piperidine rings is 1. The number of rotatable bonds is 10. The SMILES string of the molecule is C=C/C=C\C=C(/C)c1noc(C2CC2)c1COC1C[C@H](CC)N(c2nc3ccc(S(=O)O)cc3s2)[C@H](C)C1. The molecule has 0 amide bonds.